The van der Waals surface area contributed by atoms with Crippen molar-refractivity contribution in [3.05, 3.63) is 86.6 Å². The fourth-order valence-corrected chi connectivity index (χ4v) is 5.29. The van der Waals surface area contributed by atoms with Gasteiger partial charge in [0, 0.05) is 27.2 Å². The van der Waals surface area contributed by atoms with Crippen LogP contribution in [0.2, 0.25) is 15.1 Å². The number of urea groups is 1. The van der Waals surface area contributed by atoms with E-state index in [4.69, 9.17) is 34.8 Å². The molecule has 2 N–H and O–H groups in total. The van der Waals surface area contributed by atoms with E-state index in [9.17, 15) is 17.6 Å². The predicted molar refractivity (Wildman–Crippen MR) is 134 cm³/mol. The van der Waals surface area contributed by atoms with E-state index in [0.717, 1.165) is 11.1 Å². The molecule has 1 aliphatic carbocycles. The molecule has 0 saturated heterocycles. The lowest BCUT2D eigenvalue weighted by Crippen LogP contribution is -2.39. The quantitative estimate of drug-likeness (QED) is 0.433. The molecule has 1 unspecified atom stereocenters. The van der Waals surface area contributed by atoms with Gasteiger partial charge in [-0.1, -0.05) is 46.9 Å². The third-order valence-corrected chi connectivity index (χ3v) is 7.65. The van der Waals surface area contributed by atoms with E-state index >= 15 is 0 Å². The van der Waals surface area contributed by atoms with Crippen LogP contribution < -0.4 is 10.0 Å². The lowest BCUT2D eigenvalue weighted by molar-refractivity contribution is 0.247. The molecule has 2 aromatic carbocycles. The normalized spacial score (nSPS) is 16.7. The summed E-state index contributed by atoms with van der Waals surface area (Å²) in [5.41, 5.74) is 2.64. The van der Waals surface area contributed by atoms with Gasteiger partial charge in [-0.15, -0.1) is 0 Å². The summed E-state index contributed by atoms with van der Waals surface area (Å²) in [6.07, 6.45) is 2.76. The zero-order chi connectivity index (χ0) is 25.2. The Kier molecular flexibility index (Phi) is 7.70. The molecule has 1 heterocycles. The number of carbonyl (C=O) groups is 1. The predicted octanol–water partition coefficient (Wildman–Crippen LogP) is 5.25. The van der Waals surface area contributed by atoms with Gasteiger partial charge in [-0.05, 0) is 60.4 Å². The number of alkyl halides is 1. The van der Waals surface area contributed by atoms with Crippen LogP contribution in [0.3, 0.4) is 0 Å². The van der Waals surface area contributed by atoms with Gasteiger partial charge in [-0.3, -0.25) is 4.68 Å². The van der Waals surface area contributed by atoms with Crippen molar-refractivity contribution in [3.8, 4) is 0 Å². The molecule has 1 atom stereocenters. The number of aryl methyl sites for hydroxylation is 1. The fourth-order valence-electron chi connectivity index (χ4n) is 3.77. The smallest absolute Gasteiger partial charge is 0.328 e. The van der Waals surface area contributed by atoms with E-state index in [1.165, 1.54) is 30.3 Å². The first kappa shape index (κ1) is 25.5. The minimum Gasteiger partial charge on any atom is -0.334 e. The van der Waals surface area contributed by atoms with E-state index in [2.05, 4.69) is 10.4 Å². The average Bonchev–Trinajstić information content (AvgIpc) is 3.20. The molecule has 12 heteroatoms. The Labute approximate surface area is 216 Å². The molecule has 35 heavy (non-hydrogen) atoms. The highest BCUT2D eigenvalue weighted by Crippen LogP contribution is 2.34. The molecule has 4 rings (SSSR count). The summed E-state index contributed by atoms with van der Waals surface area (Å²) in [4.78, 5) is 12.1. The molecule has 7 nitrogen and oxygen atoms in total. The standard InChI is InChI=1S/C23H20Cl3FN4O3S/c24-16-4-6-18(7-5-16)35(33,34)30-23(32)28-10-9-19-21(27)8-2-14-12-29-31(22(14)19)13-15-1-3-17(25)11-20(15)26/h1,3-7,9,11-12,21H,2,8,10,13H2,(H2,28,30,32). The number of carbonyl (C=O) groups excluding carboxylic acids is 1. The Bertz CT molecular complexity index is 1390. The van der Waals surface area contributed by atoms with Crippen molar-refractivity contribution in [2.45, 2.75) is 30.5 Å². The minimum atomic E-state index is -4.08. The van der Waals surface area contributed by atoms with Gasteiger partial charge < -0.3 is 5.32 Å². The second-order valence-electron chi connectivity index (χ2n) is 7.85. The van der Waals surface area contributed by atoms with Crippen molar-refractivity contribution in [1.29, 1.82) is 0 Å². The molecule has 2 amide bonds. The Hall–Kier alpha value is -2.59. The van der Waals surface area contributed by atoms with Crippen LogP contribution >= 0.6 is 34.8 Å². The van der Waals surface area contributed by atoms with Crippen molar-refractivity contribution in [1.82, 2.24) is 19.8 Å². The molecule has 0 bridgehead atoms. The SMILES string of the molecule is O=C(NCC=C1c2c(cnn2Cc2ccc(Cl)cc2Cl)CCC1F)NS(=O)(=O)c1ccc(Cl)cc1. The van der Waals surface area contributed by atoms with Gasteiger partial charge in [0.2, 0.25) is 0 Å². The molecule has 0 radical (unpaired) electrons. The third kappa shape index (κ3) is 5.98. The summed E-state index contributed by atoms with van der Waals surface area (Å²) >= 11 is 18.0. The molecular formula is C23H20Cl3FN4O3S. The number of hydrogen-bond acceptors (Lipinski definition) is 4. The summed E-state index contributed by atoms with van der Waals surface area (Å²) in [6.45, 7) is 0.215. The summed E-state index contributed by atoms with van der Waals surface area (Å²) < 4.78 is 43.2. The number of fused-ring (bicyclic) bond motifs is 1. The summed E-state index contributed by atoms with van der Waals surface area (Å²) in [5, 5.41) is 8.18. The third-order valence-electron chi connectivity index (χ3n) is 5.46. The Balaban J connectivity index is 1.48. The number of amides is 2. The van der Waals surface area contributed by atoms with Crippen LogP contribution in [-0.4, -0.2) is 36.9 Å². The first-order chi connectivity index (χ1) is 16.6. The van der Waals surface area contributed by atoms with Crippen molar-refractivity contribution in [3.63, 3.8) is 0 Å². The number of benzene rings is 2. The van der Waals surface area contributed by atoms with E-state index < -0.39 is 22.2 Å². The van der Waals surface area contributed by atoms with Crippen LogP contribution in [0.15, 0.2) is 59.6 Å². The molecule has 0 spiro atoms. The summed E-state index contributed by atoms with van der Waals surface area (Å²) in [7, 11) is -4.08. The molecule has 0 saturated carbocycles. The van der Waals surface area contributed by atoms with E-state index in [0.29, 0.717) is 39.3 Å². The number of hydrogen-bond donors (Lipinski definition) is 2. The highest BCUT2D eigenvalue weighted by molar-refractivity contribution is 7.90. The van der Waals surface area contributed by atoms with Crippen molar-refractivity contribution >= 4 is 56.4 Å². The van der Waals surface area contributed by atoms with Crippen LogP contribution in [0.4, 0.5) is 9.18 Å². The van der Waals surface area contributed by atoms with Crippen molar-refractivity contribution in [2.75, 3.05) is 6.54 Å². The van der Waals surface area contributed by atoms with Gasteiger partial charge in [0.15, 0.2) is 0 Å². The lowest BCUT2D eigenvalue weighted by atomic mass is 9.91. The molecular weight excluding hydrogens is 538 g/mol. The van der Waals surface area contributed by atoms with E-state index in [1.807, 2.05) is 4.72 Å². The number of nitrogens with one attached hydrogen (secondary N) is 2. The molecule has 0 fully saturated rings. The van der Waals surface area contributed by atoms with Crippen molar-refractivity contribution in [2.24, 2.45) is 0 Å². The van der Waals surface area contributed by atoms with Gasteiger partial charge in [0.1, 0.15) is 6.17 Å². The summed E-state index contributed by atoms with van der Waals surface area (Å²) in [6, 6.07) is 9.56. The highest BCUT2D eigenvalue weighted by Gasteiger charge is 2.28. The second kappa shape index (κ2) is 10.6. The van der Waals surface area contributed by atoms with E-state index in [-0.39, 0.29) is 17.9 Å². The molecule has 0 aliphatic heterocycles. The molecule has 1 aliphatic rings. The summed E-state index contributed by atoms with van der Waals surface area (Å²) in [5.74, 6) is 0. The second-order valence-corrected chi connectivity index (χ2v) is 10.8. The Morgan fingerprint density at radius 3 is 2.57 bits per heavy atom. The number of aromatic nitrogens is 2. The molecule has 3 aromatic rings. The lowest BCUT2D eigenvalue weighted by Gasteiger charge is -2.22. The zero-order valence-corrected chi connectivity index (χ0v) is 21.2. The van der Waals surface area contributed by atoms with Crippen LogP contribution in [0.25, 0.3) is 5.57 Å². The number of sulfonamides is 1. The maximum atomic E-state index is 14.9. The monoisotopic (exact) mass is 556 g/mol. The van der Waals surface area contributed by atoms with Crippen molar-refractivity contribution < 1.29 is 17.6 Å². The van der Waals surface area contributed by atoms with Gasteiger partial charge in [0.25, 0.3) is 10.0 Å². The Morgan fingerprint density at radius 1 is 1.14 bits per heavy atom. The van der Waals surface area contributed by atoms with Crippen LogP contribution in [0, 0.1) is 0 Å². The number of halogens is 4. The maximum Gasteiger partial charge on any atom is 0.328 e. The largest absolute Gasteiger partial charge is 0.334 e. The van der Waals surface area contributed by atoms with Gasteiger partial charge >= 0.3 is 6.03 Å². The first-order valence-corrected chi connectivity index (χ1v) is 13.1. The molecule has 184 valence electrons. The van der Waals surface area contributed by atoms with Crippen LogP contribution in [0.1, 0.15) is 23.2 Å². The average molecular weight is 558 g/mol. The van der Waals surface area contributed by atoms with Gasteiger partial charge in [-0.2, -0.15) is 5.10 Å². The number of allylic oxidation sites excluding steroid dienone is 1. The number of rotatable bonds is 6. The zero-order valence-electron chi connectivity index (χ0n) is 18.1. The minimum absolute atomic E-state index is 0.0932. The fraction of sp³-hybridized carbons (Fsp3) is 0.217. The van der Waals surface area contributed by atoms with Crippen LogP contribution in [0.5, 0.6) is 0 Å². The van der Waals surface area contributed by atoms with Crippen LogP contribution in [-0.2, 0) is 23.0 Å². The molecule has 1 aromatic heterocycles. The maximum absolute atomic E-state index is 14.9. The topological polar surface area (TPSA) is 93.1 Å². The van der Waals surface area contributed by atoms with Gasteiger partial charge in [-0.25, -0.2) is 22.3 Å². The first-order valence-electron chi connectivity index (χ1n) is 10.5. The Morgan fingerprint density at radius 2 is 1.86 bits per heavy atom. The van der Waals surface area contributed by atoms with E-state index in [1.54, 1.807) is 29.1 Å². The van der Waals surface area contributed by atoms with Gasteiger partial charge in [0.05, 0.1) is 23.3 Å². The number of nitrogens with zero attached hydrogens (tertiary/aromatic N) is 2. The highest BCUT2D eigenvalue weighted by atomic mass is 35.5.